The van der Waals surface area contributed by atoms with Crippen molar-refractivity contribution in [3.05, 3.63) is 84.7 Å². The number of rotatable bonds is 1. The molecule has 0 fully saturated rings. The van der Waals surface area contributed by atoms with E-state index in [0.717, 1.165) is 11.0 Å². The Balaban J connectivity index is 0.000000140. The van der Waals surface area contributed by atoms with Crippen LogP contribution in [0.2, 0.25) is 0 Å². The molecule has 0 aliphatic carbocycles. The van der Waals surface area contributed by atoms with Crippen LogP contribution in [0.3, 0.4) is 0 Å². The van der Waals surface area contributed by atoms with Gasteiger partial charge in [-0.15, -0.1) is 0 Å². The number of pyridine rings is 2. The highest BCUT2D eigenvalue weighted by Gasteiger charge is 1.99. The van der Waals surface area contributed by atoms with Gasteiger partial charge in [-0.1, -0.05) is 50.2 Å². The van der Waals surface area contributed by atoms with Gasteiger partial charge in [0.25, 0.3) is 0 Å². The summed E-state index contributed by atoms with van der Waals surface area (Å²) in [6.45, 7) is 4.41. The second-order valence-electron chi connectivity index (χ2n) is 5.81. The van der Waals surface area contributed by atoms with Gasteiger partial charge in [0.2, 0.25) is 0 Å². The summed E-state index contributed by atoms with van der Waals surface area (Å²) in [5.41, 5.74) is 3.51. The third-order valence-corrected chi connectivity index (χ3v) is 3.81. The molecule has 2 heteroatoms. The van der Waals surface area contributed by atoms with Crippen LogP contribution in [-0.2, 0) is 0 Å². The van der Waals surface area contributed by atoms with Crippen molar-refractivity contribution in [1.82, 2.24) is 9.97 Å². The van der Waals surface area contributed by atoms with E-state index in [1.807, 2.05) is 42.7 Å². The van der Waals surface area contributed by atoms with E-state index >= 15 is 0 Å². The molecule has 0 unspecified atom stereocenters. The van der Waals surface area contributed by atoms with E-state index in [0.29, 0.717) is 5.92 Å². The van der Waals surface area contributed by atoms with Crippen molar-refractivity contribution in [3.8, 4) is 0 Å². The molecule has 2 nitrogen and oxygen atoms in total. The third-order valence-electron chi connectivity index (χ3n) is 3.81. The number of hydrogen-bond acceptors (Lipinski definition) is 2. The fourth-order valence-electron chi connectivity index (χ4n) is 2.47. The highest BCUT2D eigenvalue weighted by atomic mass is 14.6. The van der Waals surface area contributed by atoms with Crippen LogP contribution in [0, 0.1) is 0 Å². The molecule has 4 aromatic rings. The molecule has 0 saturated heterocycles. The summed E-state index contributed by atoms with van der Waals surface area (Å²) in [6, 6.07) is 22.6. The Morgan fingerprint density at radius 1 is 0.652 bits per heavy atom. The summed E-state index contributed by atoms with van der Waals surface area (Å²) in [6.07, 6.45) is 3.64. The van der Waals surface area contributed by atoms with Crippen molar-refractivity contribution in [2.45, 2.75) is 19.8 Å². The molecule has 0 atom stereocenters. The van der Waals surface area contributed by atoms with Gasteiger partial charge in [0, 0.05) is 23.2 Å². The lowest BCUT2D eigenvalue weighted by Crippen LogP contribution is -1.87. The molecule has 2 heterocycles. The highest BCUT2D eigenvalue weighted by Crippen LogP contribution is 2.19. The van der Waals surface area contributed by atoms with E-state index in [1.54, 1.807) is 0 Å². The number of nitrogens with zero attached hydrogens (tertiary/aromatic N) is 2. The van der Waals surface area contributed by atoms with E-state index in [2.05, 4.69) is 60.2 Å². The molecule has 114 valence electrons. The molecule has 0 bridgehead atoms. The van der Waals surface area contributed by atoms with Gasteiger partial charge in [-0.05, 0) is 41.8 Å². The highest BCUT2D eigenvalue weighted by molar-refractivity contribution is 5.79. The maximum atomic E-state index is 4.28. The van der Waals surface area contributed by atoms with Crippen LogP contribution in [-0.4, -0.2) is 9.97 Å². The van der Waals surface area contributed by atoms with E-state index in [4.69, 9.17) is 0 Å². The lowest BCUT2D eigenvalue weighted by Gasteiger charge is -2.05. The quantitative estimate of drug-likeness (QED) is 0.457. The first-order valence-electron chi connectivity index (χ1n) is 7.88. The SMILES string of the molecule is CC(C)c1ccc2ncccc2c1.c1ccc2ncccc2c1. The minimum Gasteiger partial charge on any atom is -0.256 e. The average Bonchev–Trinajstić information content (AvgIpc) is 2.62. The maximum absolute atomic E-state index is 4.28. The molecule has 0 N–H and O–H groups in total. The van der Waals surface area contributed by atoms with Crippen molar-refractivity contribution >= 4 is 21.8 Å². The van der Waals surface area contributed by atoms with Gasteiger partial charge in [0.05, 0.1) is 11.0 Å². The molecule has 0 spiro atoms. The number of para-hydroxylation sites is 1. The molecule has 0 aliphatic heterocycles. The first-order valence-corrected chi connectivity index (χ1v) is 7.88. The summed E-state index contributed by atoms with van der Waals surface area (Å²) in [5.74, 6) is 0.588. The van der Waals surface area contributed by atoms with Gasteiger partial charge in [-0.3, -0.25) is 9.97 Å². The second kappa shape index (κ2) is 7.01. The van der Waals surface area contributed by atoms with Gasteiger partial charge in [-0.2, -0.15) is 0 Å². The fraction of sp³-hybridized carbons (Fsp3) is 0.143. The summed E-state index contributed by atoms with van der Waals surface area (Å²) in [4.78, 5) is 8.46. The smallest absolute Gasteiger partial charge is 0.0702 e. The van der Waals surface area contributed by atoms with Gasteiger partial charge < -0.3 is 0 Å². The molecule has 0 amide bonds. The minimum absolute atomic E-state index is 0.588. The molecule has 0 radical (unpaired) electrons. The molecule has 2 aromatic carbocycles. The summed E-state index contributed by atoms with van der Waals surface area (Å²) < 4.78 is 0. The summed E-state index contributed by atoms with van der Waals surface area (Å²) >= 11 is 0. The van der Waals surface area contributed by atoms with E-state index in [1.165, 1.54) is 16.3 Å². The Hall–Kier alpha value is -2.74. The van der Waals surface area contributed by atoms with Gasteiger partial charge in [-0.25, -0.2) is 0 Å². The lowest BCUT2D eigenvalue weighted by atomic mass is 10.0. The molecular weight excluding hydrogens is 280 g/mol. The van der Waals surface area contributed by atoms with E-state index < -0.39 is 0 Å². The van der Waals surface area contributed by atoms with Crippen LogP contribution in [0.25, 0.3) is 21.8 Å². The van der Waals surface area contributed by atoms with Crippen LogP contribution in [0.5, 0.6) is 0 Å². The topological polar surface area (TPSA) is 25.8 Å². The Bertz CT molecular complexity index is 848. The van der Waals surface area contributed by atoms with Crippen molar-refractivity contribution < 1.29 is 0 Å². The maximum Gasteiger partial charge on any atom is 0.0702 e. The van der Waals surface area contributed by atoms with Crippen molar-refractivity contribution in [3.63, 3.8) is 0 Å². The van der Waals surface area contributed by atoms with Crippen LogP contribution < -0.4 is 0 Å². The zero-order chi connectivity index (χ0) is 16.1. The Morgan fingerprint density at radius 3 is 1.96 bits per heavy atom. The Morgan fingerprint density at radius 2 is 1.26 bits per heavy atom. The van der Waals surface area contributed by atoms with E-state index in [-0.39, 0.29) is 0 Å². The van der Waals surface area contributed by atoms with Crippen LogP contribution in [0.4, 0.5) is 0 Å². The van der Waals surface area contributed by atoms with Gasteiger partial charge in [0.1, 0.15) is 0 Å². The second-order valence-corrected chi connectivity index (χ2v) is 5.81. The Labute approximate surface area is 136 Å². The zero-order valence-electron chi connectivity index (χ0n) is 13.5. The average molecular weight is 300 g/mol. The van der Waals surface area contributed by atoms with Crippen molar-refractivity contribution in [2.24, 2.45) is 0 Å². The molecule has 23 heavy (non-hydrogen) atoms. The standard InChI is InChI=1S/C12H13N.C9H7N/c1-9(2)10-5-6-12-11(8-10)4-3-7-13-12;1-2-6-9-8(4-1)5-3-7-10-9/h3-9H,1-2H3;1-7H. The van der Waals surface area contributed by atoms with Gasteiger partial charge >= 0.3 is 0 Å². The van der Waals surface area contributed by atoms with Gasteiger partial charge in [0.15, 0.2) is 0 Å². The van der Waals surface area contributed by atoms with Crippen molar-refractivity contribution in [2.75, 3.05) is 0 Å². The fourth-order valence-corrected chi connectivity index (χ4v) is 2.47. The third kappa shape index (κ3) is 3.72. The first-order chi connectivity index (χ1) is 11.2. The summed E-state index contributed by atoms with van der Waals surface area (Å²) in [5, 5.41) is 2.43. The normalized spacial score (nSPS) is 10.6. The molecule has 2 aromatic heterocycles. The Kier molecular flexibility index (Phi) is 4.62. The van der Waals surface area contributed by atoms with Crippen LogP contribution in [0.1, 0.15) is 25.3 Å². The zero-order valence-corrected chi connectivity index (χ0v) is 13.5. The lowest BCUT2D eigenvalue weighted by molar-refractivity contribution is 0.868. The monoisotopic (exact) mass is 300 g/mol. The molecule has 0 aliphatic rings. The van der Waals surface area contributed by atoms with Crippen LogP contribution >= 0.6 is 0 Å². The minimum atomic E-state index is 0.588. The number of benzene rings is 2. The molecule has 0 saturated carbocycles. The predicted octanol–water partition coefficient (Wildman–Crippen LogP) is 5.59. The summed E-state index contributed by atoms with van der Waals surface area (Å²) in [7, 11) is 0. The largest absolute Gasteiger partial charge is 0.256 e. The number of aromatic nitrogens is 2. The first kappa shape index (κ1) is 15.2. The number of fused-ring (bicyclic) bond motifs is 2. The predicted molar refractivity (Wildman–Crippen MR) is 97.6 cm³/mol. The van der Waals surface area contributed by atoms with Crippen molar-refractivity contribution in [1.29, 1.82) is 0 Å². The molecular formula is C21H20N2. The number of hydrogen-bond donors (Lipinski definition) is 0. The van der Waals surface area contributed by atoms with E-state index in [9.17, 15) is 0 Å². The molecule has 4 rings (SSSR count). The van der Waals surface area contributed by atoms with Crippen LogP contribution in [0.15, 0.2) is 79.1 Å².